The van der Waals surface area contributed by atoms with E-state index in [2.05, 4.69) is 5.32 Å². The van der Waals surface area contributed by atoms with Crippen LogP contribution in [0, 0.1) is 11.3 Å². The first kappa shape index (κ1) is 18.8. The summed E-state index contributed by atoms with van der Waals surface area (Å²) < 4.78 is 15.5. The molecule has 1 N–H and O–H groups in total. The van der Waals surface area contributed by atoms with Crippen LogP contribution in [0.1, 0.15) is 12.5 Å². The minimum Gasteiger partial charge on any atom is -0.492 e. The van der Waals surface area contributed by atoms with Crippen molar-refractivity contribution in [2.24, 2.45) is 0 Å². The van der Waals surface area contributed by atoms with Gasteiger partial charge in [0.2, 0.25) is 0 Å². The minimum absolute atomic E-state index is 0.339. The molecule has 0 saturated carbocycles. The van der Waals surface area contributed by atoms with Gasteiger partial charge < -0.3 is 19.5 Å². The molecule has 2 aromatic rings. The van der Waals surface area contributed by atoms with Crippen LogP contribution in [0.4, 0.5) is 5.69 Å². The summed E-state index contributed by atoms with van der Waals surface area (Å²) in [5, 5.41) is 11.3. The fraction of sp³-hybridized carbons (Fsp3) is 0.211. The Balaban J connectivity index is 1.76. The predicted octanol–water partition coefficient (Wildman–Crippen LogP) is 2.52. The molecule has 0 bridgehead atoms. The normalized spacial score (nSPS) is 9.69. The average molecular weight is 354 g/mol. The summed E-state index contributed by atoms with van der Waals surface area (Å²) in [4.78, 5) is 23.6. The highest BCUT2D eigenvalue weighted by Gasteiger charge is 2.11. The van der Waals surface area contributed by atoms with Crippen molar-refractivity contribution >= 4 is 17.6 Å². The number of benzene rings is 2. The first-order valence-corrected chi connectivity index (χ1v) is 7.92. The summed E-state index contributed by atoms with van der Waals surface area (Å²) in [5.74, 6) is -0.193. The van der Waals surface area contributed by atoms with Crippen LogP contribution in [-0.2, 0) is 14.3 Å². The molecule has 7 heteroatoms. The quantitative estimate of drug-likeness (QED) is 0.732. The van der Waals surface area contributed by atoms with Gasteiger partial charge >= 0.3 is 5.97 Å². The third-order valence-corrected chi connectivity index (χ3v) is 3.17. The van der Waals surface area contributed by atoms with Gasteiger partial charge in [0, 0.05) is 0 Å². The van der Waals surface area contributed by atoms with Crippen LogP contribution in [-0.4, -0.2) is 31.7 Å². The van der Waals surface area contributed by atoms with E-state index in [1.807, 2.05) is 13.0 Å². The Hall–Kier alpha value is -3.53. The lowest BCUT2D eigenvalue weighted by atomic mass is 10.2. The van der Waals surface area contributed by atoms with Crippen molar-refractivity contribution in [3.05, 3.63) is 54.1 Å². The van der Waals surface area contributed by atoms with E-state index in [1.165, 1.54) is 0 Å². The fourth-order valence-corrected chi connectivity index (χ4v) is 1.99. The average Bonchev–Trinajstić information content (AvgIpc) is 2.67. The number of nitriles is 1. The molecule has 0 aliphatic heterocycles. The highest BCUT2D eigenvalue weighted by atomic mass is 16.6. The molecule has 134 valence electrons. The van der Waals surface area contributed by atoms with Crippen LogP contribution < -0.4 is 14.8 Å². The molecule has 1 amide bonds. The van der Waals surface area contributed by atoms with Crippen LogP contribution in [0.5, 0.6) is 11.5 Å². The van der Waals surface area contributed by atoms with Crippen molar-refractivity contribution in [3.63, 3.8) is 0 Å². The summed E-state index contributed by atoms with van der Waals surface area (Å²) in [6, 6.07) is 15.3. The van der Waals surface area contributed by atoms with Crippen molar-refractivity contribution in [2.75, 3.05) is 25.1 Å². The smallest absolute Gasteiger partial charge is 0.344 e. The molecular formula is C19H18N2O5. The molecule has 2 aromatic carbocycles. The first-order chi connectivity index (χ1) is 12.6. The number of rotatable bonds is 8. The van der Waals surface area contributed by atoms with Crippen molar-refractivity contribution < 1.29 is 23.8 Å². The molecule has 0 saturated heterocycles. The molecule has 0 atom stereocenters. The Bertz CT molecular complexity index is 796. The Kier molecular flexibility index (Phi) is 7.01. The molecule has 0 unspecified atom stereocenters. The number of hydrogen-bond acceptors (Lipinski definition) is 6. The molecular weight excluding hydrogens is 336 g/mol. The van der Waals surface area contributed by atoms with Gasteiger partial charge in [0.1, 0.15) is 11.5 Å². The van der Waals surface area contributed by atoms with E-state index in [4.69, 9.17) is 19.5 Å². The van der Waals surface area contributed by atoms with Crippen LogP contribution in [0.3, 0.4) is 0 Å². The maximum atomic E-state index is 11.9. The zero-order valence-corrected chi connectivity index (χ0v) is 14.2. The number of nitrogens with zero attached hydrogens (tertiary/aromatic N) is 1. The fourth-order valence-electron chi connectivity index (χ4n) is 1.99. The van der Waals surface area contributed by atoms with E-state index < -0.39 is 18.5 Å². The summed E-state index contributed by atoms with van der Waals surface area (Å²) >= 11 is 0. The van der Waals surface area contributed by atoms with Gasteiger partial charge in [0.15, 0.2) is 13.2 Å². The molecule has 0 aliphatic rings. The van der Waals surface area contributed by atoms with Gasteiger partial charge in [-0.05, 0) is 43.3 Å². The zero-order valence-electron chi connectivity index (χ0n) is 14.2. The Morgan fingerprint density at radius 1 is 1.04 bits per heavy atom. The van der Waals surface area contributed by atoms with Crippen LogP contribution >= 0.6 is 0 Å². The van der Waals surface area contributed by atoms with Gasteiger partial charge in [0.25, 0.3) is 5.91 Å². The minimum atomic E-state index is -0.678. The second-order valence-corrected chi connectivity index (χ2v) is 5.06. The van der Waals surface area contributed by atoms with Gasteiger partial charge in [-0.2, -0.15) is 5.26 Å². The van der Waals surface area contributed by atoms with E-state index in [0.29, 0.717) is 29.4 Å². The first-order valence-electron chi connectivity index (χ1n) is 7.92. The SMILES string of the molecule is CCOc1ccccc1NC(=O)COC(=O)COc1ccc(C#N)cc1. The number of hydrogen-bond donors (Lipinski definition) is 1. The lowest BCUT2D eigenvalue weighted by Gasteiger charge is -2.11. The Morgan fingerprint density at radius 3 is 2.46 bits per heavy atom. The number of carbonyl (C=O) groups excluding carboxylic acids is 2. The van der Waals surface area contributed by atoms with Crippen LogP contribution in [0.25, 0.3) is 0 Å². The number of para-hydroxylation sites is 2. The highest BCUT2D eigenvalue weighted by molar-refractivity contribution is 5.94. The zero-order chi connectivity index (χ0) is 18.8. The van der Waals surface area contributed by atoms with E-state index >= 15 is 0 Å². The molecule has 0 aromatic heterocycles. The molecule has 26 heavy (non-hydrogen) atoms. The monoisotopic (exact) mass is 354 g/mol. The summed E-state index contributed by atoms with van der Waals surface area (Å²) in [6.45, 7) is 1.54. The number of nitrogens with one attached hydrogen (secondary N) is 1. The Morgan fingerprint density at radius 2 is 1.77 bits per heavy atom. The van der Waals surface area contributed by atoms with Crippen LogP contribution in [0.2, 0.25) is 0 Å². The lowest BCUT2D eigenvalue weighted by Crippen LogP contribution is -2.23. The molecule has 0 fully saturated rings. The number of amides is 1. The van der Waals surface area contributed by atoms with E-state index in [9.17, 15) is 9.59 Å². The summed E-state index contributed by atoms with van der Waals surface area (Å²) in [6.07, 6.45) is 0. The van der Waals surface area contributed by atoms with E-state index in [-0.39, 0.29) is 6.61 Å². The Labute approximate surface area is 151 Å². The van der Waals surface area contributed by atoms with Gasteiger partial charge in [-0.25, -0.2) is 4.79 Å². The van der Waals surface area contributed by atoms with E-state index in [1.54, 1.807) is 48.5 Å². The highest BCUT2D eigenvalue weighted by Crippen LogP contribution is 2.23. The van der Waals surface area contributed by atoms with Crippen molar-refractivity contribution in [1.29, 1.82) is 5.26 Å². The topological polar surface area (TPSA) is 97.7 Å². The maximum absolute atomic E-state index is 11.9. The molecule has 0 radical (unpaired) electrons. The van der Waals surface area contributed by atoms with Crippen LogP contribution in [0.15, 0.2) is 48.5 Å². The second kappa shape index (κ2) is 9.69. The number of esters is 1. The number of anilines is 1. The van der Waals surface area contributed by atoms with Crippen molar-refractivity contribution in [2.45, 2.75) is 6.92 Å². The van der Waals surface area contributed by atoms with E-state index in [0.717, 1.165) is 0 Å². The molecule has 7 nitrogen and oxygen atoms in total. The van der Waals surface area contributed by atoms with Gasteiger partial charge in [-0.15, -0.1) is 0 Å². The van der Waals surface area contributed by atoms with Gasteiger partial charge in [0.05, 0.1) is 23.9 Å². The third-order valence-electron chi connectivity index (χ3n) is 3.17. The third kappa shape index (κ3) is 5.83. The summed E-state index contributed by atoms with van der Waals surface area (Å²) in [5.41, 5.74) is 0.994. The largest absolute Gasteiger partial charge is 0.492 e. The predicted molar refractivity (Wildman–Crippen MR) is 93.9 cm³/mol. The van der Waals surface area contributed by atoms with Crippen molar-refractivity contribution in [3.8, 4) is 17.6 Å². The van der Waals surface area contributed by atoms with Gasteiger partial charge in [-0.3, -0.25) is 4.79 Å². The molecule has 2 rings (SSSR count). The van der Waals surface area contributed by atoms with Gasteiger partial charge in [-0.1, -0.05) is 12.1 Å². The molecule has 0 spiro atoms. The van der Waals surface area contributed by atoms with Crippen molar-refractivity contribution in [1.82, 2.24) is 0 Å². The standard InChI is InChI=1S/C19H18N2O5/c1-2-24-17-6-4-3-5-16(17)21-18(22)12-26-19(23)13-25-15-9-7-14(11-20)8-10-15/h3-10H,2,12-13H2,1H3,(H,21,22). The second-order valence-electron chi connectivity index (χ2n) is 5.06. The molecule has 0 aliphatic carbocycles. The number of carbonyl (C=O) groups is 2. The molecule has 0 heterocycles. The number of ether oxygens (including phenoxy) is 3. The summed E-state index contributed by atoms with van der Waals surface area (Å²) in [7, 11) is 0. The maximum Gasteiger partial charge on any atom is 0.344 e. The lowest BCUT2D eigenvalue weighted by molar-refractivity contribution is -0.149.